The third-order valence-electron chi connectivity index (χ3n) is 4.97. The van der Waals surface area contributed by atoms with Crippen LogP contribution in [0, 0.1) is 13.8 Å². The zero-order chi connectivity index (χ0) is 19.2. The zero-order valence-electron chi connectivity index (χ0n) is 16.3. The lowest BCUT2D eigenvalue weighted by atomic mass is 9.93. The summed E-state index contributed by atoms with van der Waals surface area (Å²) in [6.45, 7) is 6.33. The van der Waals surface area contributed by atoms with Gasteiger partial charge >= 0.3 is 0 Å². The molecule has 2 nitrogen and oxygen atoms in total. The van der Waals surface area contributed by atoms with Crippen molar-refractivity contribution in [3.05, 3.63) is 106 Å². The molecule has 0 radical (unpaired) electrons. The Bertz CT molecular complexity index is 897. The van der Waals surface area contributed by atoms with Crippen LogP contribution >= 0.6 is 0 Å². The third kappa shape index (κ3) is 4.85. The van der Waals surface area contributed by atoms with Gasteiger partial charge in [-0.1, -0.05) is 85.3 Å². The first-order valence-corrected chi connectivity index (χ1v) is 9.56. The van der Waals surface area contributed by atoms with Gasteiger partial charge in [-0.15, -0.1) is 0 Å². The highest BCUT2D eigenvalue weighted by Crippen LogP contribution is 2.26. The summed E-state index contributed by atoms with van der Waals surface area (Å²) in [6, 6.07) is 24.7. The summed E-state index contributed by atoms with van der Waals surface area (Å²) in [5.41, 5.74) is 6.98. The van der Waals surface area contributed by atoms with Crippen LogP contribution in [0.5, 0.6) is 0 Å². The number of nitrogens with one attached hydrogen (secondary N) is 1. The van der Waals surface area contributed by atoms with Gasteiger partial charge in [0.05, 0.1) is 12.5 Å². The fourth-order valence-electron chi connectivity index (χ4n) is 3.43. The smallest absolute Gasteiger partial charge is 0.225 e. The van der Waals surface area contributed by atoms with Crippen LogP contribution in [0.15, 0.2) is 72.8 Å². The van der Waals surface area contributed by atoms with Crippen LogP contribution in [0.1, 0.15) is 46.3 Å². The molecule has 0 saturated heterocycles. The van der Waals surface area contributed by atoms with Gasteiger partial charge < -0.3 is 5.32 Å². The Hall–Kier alpha value is -2.87. The summed E-state index contributed by atoms with van der Waals surface area (Å²) < 4.78 is 0. The molecule has 0 fully saturated rings. The van der Waals surface area contributed by atoms with E-state index >= 15 is 0 Å². The summed E-state index contributed by atoms with van der Waals surface area (Å²) in [6.07, 6.45) is 1.40. The molecule has 1 amide bonds. The Morgan fingerprint density at radius 3 is 2.19 bits per heavy atom. The number of hydrogen-bond acceptors (Lipinski definition) is 1. The summed E-state index contributed by atoms with van der Waals surface area (Å²) in [5, 5.41) is 3.25. The van der Waals surface area contributed by atoms with Crippen molar-refractivity contribution in [1.82, 2.24) is 5.32 Å². The van der Waals surface area contributed by atoms with Crippen molar-refractivity contribution >= 4 is 5.91 Å². The monoisotopic (exact) mass is 357 g/mol. The van der Waals surface area contributed by atoms with Crippen LogP contribution in [0.2, 0.25) is 0 Å². The fourth-order valence-corrected chi connectivity index (χ4v) is 3.43. The van der Waals surface area contributed by atoms with E-state index in [-0.39, 0.29) is 11.9 Å². The second kappa shape index (κ2) is 8.68. The van der Waals surface area contributed by atoms with Gasteiger partial charge in [-0.2, -0.15) is 0 Å². The summed E-state index contributed by atoms with van der Waals surface area (Å²) in [7, 11) is 0. The number of carbonyl (C=O) groups is 1. The molecule has 0 aliphatic rings. The van der Waals surface area contributed by atoms with Gasteiger partial charge in [0, 0.05) is 0 Å². The topological polar surface area (TPSA) is 29.1 Å². The standard InChI is InChI=1S/C25H27NO/c1-4-20-11-13-21(14-12-20)17-24(27)26-25(22-8-6-5-7-9-22)23-15-10-18(2)16-19(23)3/h5-16,25H,4,17H2,1-3H3,(H,26,27). The zero-order valence-corrected chi connectivity index (χ0v) is 16.3. The average Bonchev–Trinajstić information content (AvgIpc) is 2.68. The van der Waals surface area contributed by atoms with Gasteiger partial charge in [0.15, 0.2) is 0 Å². The minimum atomic E-state index is -0.144. The molecule has 0 saturated carbocycles. The maximum atomic E-state index is 12.8. The van der Waals surface area contributed by atoms with E-state index in [4.69, 9.17) is 0 Å². The van der Waals surface area contributed by atoms with E-state index in [0.717, 1.165) is 23.1 Å². The molecule has 27 heavy (non-hydrogen) atoms. The van der Waals surface area contributed by atoms with E-state index in [0.29, 0.717) is 6.42 Å². The van der Waals surface area contributed by atoms with Gasteiger partial charge in [-0.25, -0.2) is 0 Å². The largest absolute Gasteiger partial charge is 0.345 e. The number of hydrogen-bond donors (Lipinski definition) is 1. The van der Waals surface area contributed by atoms with Crippen molar-refractivity contribution in [3.8, 4) is 0 Å². The van der Waals surface area contributed by atoms with Crippen molar-refractivity contribution < 1.29 is 4.79 Å². The van der Waals surface area contributed by atoms with E-state index in [2.05, 4.69) is 68.6 Å². The third-order valence-corrected chi connectivity index (χ3v) is 4.97. The van der Waals surface area contributed by atoms with Crippen LogP contribution in [0.4, 0.5) is 0 Å². The normalized spacial score (nSPS) is 11.8. The molecule has 3 rings (SSSR count). The lowest BCUT2D eigenvalue weighted by molar-refractivity contribution is -0.120. The maximum absolute atomic E-state index is 12.8. The molecule has 1 atom stereocenters. The number of aryl methyl sites for hydroxylation is 3. The van der Waals surface area contributed by atoms with E-state index < -0.39 is 0 Å². The van der Waals surface area contributed by atoms with Gasteiger partial charge in [0.2, 0.25) is 5.91 Å². The molecular weight excluding hydrogens is 330 g/mol. The Kier molecular flexibility index (Phi) is 6.08. The Labute approximate surface area is 162 Å². The molecule has 0 spiro atoms. The van der Waals surface area contributed by atoms with E-state index in [9.17, 15) is 4.79 Å². The van der Waals surface area contributed by atoms with Crippen molar-refractivity contribution in [2.24, 2.45) is 0 Å². The minimum Gasteiger partial charge on any atom is -0.345 e. The van der Waals surface area contributed by atoms with Crippen LogP contribution < -0.4 is 5.32 Å². The first kappa shape index (κ1) is 18.9. The fraction of sp³-hybridized carbons (Fsp3) is 0.240. The highest BCUT2D eigenvalue weighted by atomic mass is 16.1. The number of rotatable bonds is 6. The number of benzene rings is 3. The van der Waals surface area contributed by atoms with Crippen LogP contribution in [0.25, 0.3) is 0 Å². The highest BCUT2D eigenvalue weighted by molar-refractivity contribution is 5.79. The number of amides is 1. The van der Waals surface area contributed by atoms with Gasteiger partial charge in [0.25, 0.3) is 0 Å². The molecular formula is C25H27NO. The SMILES string of the molecule is CCc1ccc(CC(=O)NC(c2ccccc2)c2ccc(C)cc2C)cc1. The van der Waals surface area contributed by atoms with Crippen molar-refractivity contribution in [3.63, 3.8) is 0 Å². The minimum absolute atomic E-state index is 0.0353. The molecule has 0 heterocycles. The lowest BCUT2D eigenvalue weighted by Crippen LogP contribution is -2.31. The molecule has 0 aliphatic carbocycles. The van der Waals surface area contributed by atoms with Gasteiger partial charge in [-0.3, -0.25) is 4.79 Å². The molecule has 0 aliphatic heterocycles. The second-order valence-corrected chi connectivity index (χ2v) is 7.12. The molecule has 3 aromatic rings. The van der Waals surface area contributed by atoms with Crippen molar-refractivity contribution in [2.45, 2.75) is 39.7 Å². The molecule has 138 valence electrons. The molecule has 0 aromatic heterocycles. The predicted octanol–water partition coefficient (Wildman–Crippen LogP) is 5.31. The summed E-state index contributed by atoms with van der Waals surface area (Å²) in [5.74, 6) is 0.0353. The van der Waals surface area contributed by atoms with E-state index in [1.54, 1.807) is 0 Å². The summed E-state index contributed by atoms with van der Waals surface area (Å²) in [4.78, 5) is 12.8. The first-order chi connectivity index (χ1) is 13.1. The van der Waals surface area contributed by atoms with Crippen LogP contribution in [0.3, 0.4) is 0 Å². The van der Waals surface area contributed by atoms with E-state index in [1.165, 1.54) is 16.7 Å². The molecule has 1 N–H and O–H groups in total. The molecule has 3 aromatic carbocycles. The second-order valence-electron chi connectivity index (χ2n) is 7.12. The molecule has 0 bridgehead atoms. The average molecular weight is 357 g/mol. The van der Waals surface area contributed by atoms with Gasteiger partial charge in [0.1, 0.15) is 0 Å². The Morgan fingerprint density at radius 2 is 1.56 bits per heavy atom. The van der Waals surface area contributed by atoms with E-state index in [1.807, 2.05) is 30.3 Å². The van der Waals surface area contributed by atoms with Crippen molar-refractivity contribution in [2.75, 3.05) is 0 Å². The maximum Gasteiger partial charge on any atom is 0.225 e. The predicted molar refractivity (Wildman–Crippen MR) is 112 cm³/mol. The Balaban J connectivity index is 1.83. The highest BCUT2D eigenvalue weighted by Gasteiger charge is 2.18. The van der Waals surface area contributed by atoms with Crippen molar-refractivity contribution in [1.29, 1.82) is 0 Å². The summed E-state index contributed by atoms with van der Waals surface area (Å²) >= 11 is 0. The molecule has 2 heteroatoms. The quantitative estimate of drug-likeness (QED) is 0.636. The first-order valence-electron chi connectivity index (χ1n) is 9.56. The van der Waals surface area contributed by atoms with Crippen LogP contribution in [-0.4, -0.2) is 5.91 Å². The van der Waals surface area contributed by atoms with Crippen LogP contribution in [-0.2, 0) is 17.6 Å². The molecule has 1 unspecified atom stereocenters. The van der Waals surface area contributed by atoms with Gasteiger partial charge in [-0.05, 0) is 48.1 Å². The Morgan fingerprint density at radius 1 is 0.889 bits per heavy atom. The lowest BCUT2D eigenvalue weighted by Gasteiger charge is -2.22. The number of carbonyl (C=O) groups excluding carboxylic acids is 1.